The van der Waals surface area contributed by atoms with Gasteiger partial charge in [0, 0.05) is 25.9 Å². The molecule has 0 aromatic heterocycles. The monoisotopic (exact) mass is 281 g/mol. The van der Waals surface area contributed by atoms with Crippen LogP contribution in [0.4, 0.5) is 0 Å². The van der Waals surface area contributed by atoms with Crippen LogP contribution < -0.4 is 0 Å². The summed E-state index contributed by atoms with van der Waals surface area (Å²) in [6.45, 7) is 6.29. The highest BCUT2D eigenvalue weighted by atomic mass is 32.2. The van der Waals surface area contributed by atoms with Gasteiger partial charge in [0.2, 0.25) is 10.0 Å². The van der Waals surface area contributed by atoms with Crippen molar-refractivity contribution in [2.45, 2.75) is 38.5 Å². The van der Waals surface area contributed by atoms with Crippen LogP contribution in [-0.2, 0) is 14.8 Å². The van der Waals surface area contributed by atoms with E-state index in [1.165, 1.54) is 4.31 Å². The molecule has 0 N–H and O–H groups in total. The Morgan fingerprint density at radius 2 is 1.47 bits per heavy atom. The zero-order chi connectivity index (χ0) is 14.2. The lowest BCUT2D eigenvalue weighted by molar-refractivity contribution is -0.120. The first-order chi connectivity index (χ1) is 8.82. The number of hydrogen-bond donors (Lipinski definition) is 0. The van der Waals surface area contributed by atoms with E-state index >= 15 is 0 Å². The van der Waals surface area contributed by atoms with Gasteiger partial charge in [0.05, 0.1) is 4.90 Å². The molecule has 1 aromatic rings. The molecule has 1 aliphatic rings. The first-order valence-corrected chi connectivity index (χ1v) is 7.86. The molecule has 104 valence electrons. The Balaban J connectivity index is 2.40. The molecular formula is C14H19NO3S. The van der Waals surface area contributed by atoms with E-state index in [1.54, 1.807) is 6.07 Å². The molecule has 1 aromatic carbocycles. The molecule has 0 amide bonds. The minimum Gasteiger partial charge on any atom is -0.300 e. The van der Waals surface area contributed by atoms with Gasteiger partial charge >= 0.3 is 0 Å². The lowest BCUT2D eigenvalue weighted by Gasteiger charge is -2.26. The van der Waals surface area contributed by atoms with Crippen molar-refractivity contribution in [1.82, 2.24) is 4.31 Å². The molecule has 0 radical (unpaired) electrons. The number of carbonyl (C=O) groups is 1. The molecule has 1 aliphatic heterocycles. The number of carbonyl (C=O) groups excluding carboxylic acids is 1. The van der Waals surface area contributed by atoms with E-state index in [0.29, 0.717) is 30.8 Å². The fraction of sp³-hybridized carbons (Fsp3) is 0.500. The molecule has 19 heavy (non-hydrogen) atoms. The van der Waals surface area contributed by atoms with Gasteiger partial charge in [-0.1, -0.05) is 6.07 Å². The summed E-state index contributed by atoms with van der Waals surface area (Å²) >= 11 is 0. The van der Waals surface area contributed by atoms with Crippen LogP contribution in [-0.4, -0.2) is 31.6 Å². The number of benzene rings is 1. The van der Waals surface area contributed by atoms with Gasteiger partial charge in [0.15, 0.2) is 0 Å². The summed E-state index contributed by atoms with van der Waals surface area (Å²) in [7, 11) is -3.47. The predicted molar refractivity (Wildman–Crippen MR) is 73.7 cm³/mol. The Kier molecular flexibility index (Phi) is 3.78. The molecule has 0 unspecified atom stereocenters. The molecular weight excluding hydrogens is 262 g/mol. The Morgan fingerprint density at radius 3 is 2.05 bits per heavy atom. The van der Waals surface area contributed by atoms with Crippen LogP contribution in [0.1, 0.15) is 29.5 Å². The number of hydrogen-bond acceptors (Lipinski definition) is 3. The van der Waals surface area contributed by atoms with Gasteiger partial charge in [-0.15, -0.1) is 0 Å². The fourth-order valence-corrected chi connectivity index (χ4v) is 4.06. The number of rotatable bonds is 2. The molecule has 0 bridgehead atoms. The van der Waals surface area contributed by atoms with Crippen molar-refractivity contribution in [2.75, 3.05) is 13.1 Å². The zero-order valence-corrected chi connectivity index (χ0v) is 12.4. The lowest BCUT2D eigenvalue weighted by Crippen LogP contribution is -2.38. The van der Waals surface area contributed by atoms with Crippen LogP contribution in [0.5, 0.6) is 0 Å². The van der Waals surface area contributed by atoms with E-state index in [-0.39, 0.29) is 5.78 Å². The van der Waals surface area contributed by atoms with Crippen LogP contribution in [0.2, 0.25) is 0 Å². The van der Waals surface area contributed by atoms with E-state index in [2.05, 4.69) is 0 Å². The number of ketones is 1. The van der Waals surface area contributed by atoms with Gasteiger partial charge in [-0.05, 0) is 43.5 Å². The van der Waals surface area contributed by atoms with Gasteiger partial charge in [-0.25, -0.2) is 8.42 Å². The number of aryl methyl sites for hydroxylation is 3. The third kappa shape index (κ3) is 2.72. The zero-order valence-electron chi connectivity index (χ0n) is 11.6. The van der Waals surface area contributed by atoms with Crippen LogP contribution in [0, 0.1) is 20.8 Å². The van der Waals surface area contributed by atoms with E-state index in [4.69, 9.17) is 0 Å². The maximum atomic E-state index is 12.6. The molecule has 2 rings (SSSR count). The lowest BCUT2D eigenvalue weighted by atomic mass is 10.1. The first-order valence-electron chi connectivity index (χ1n) is 6.42. The number of nitrogens with zero attached hydrogens (tertiary/aromatic N) is 1. The SMILES string of the molecule is Cc1cc(C)c(S(=O)(=O)N2CCC(=O)CC2)cc1C. The highest BCUT2D eigenvalue weighted by Gasteiger charge is 2.29. The number of sulfonamides is 1. The first kappa shape index (κ1) is 14.2. The Bertz CT molecular complexity index is 610. The normalized spacial score (nSPS) is 17.7. The van der Waals surface area contributed by atoms with E-state index < -0.39 is 10.0 Å². The summed E-state index contributed by atoms with van der Waals surface area (Å²) in [5.74, 6) is 0.142. The number of Topliss-reactive ketones (excluding diaryl/α,β-unsaturated/α-hetero) is 1. The summed E-state index contributed by atoms with van der Waals surface area (Å²) in [6.07, 6.45) is 0.645. The molecule has 0 atom stereocenters. The topological polar surface area (TPSA) is 54.5 Å². The second-order valence-corrected chi connectivity index (χ2v) is 7.05. The van der Waals surface area contributed by atoms with Crippen LogP contribution in [0.15, 0.2) is 17.0 Å². The smallest absolute Gasteiger partial charge is 0.243 e. The minimum atomic E-state index is -3.47. The predicted octanol–water partition coefficient (Wildman–Crippen LogP) is 1.97. The maximum Gasteiger partial charge on any atom is 0.243 e. The summed E-state index contributed by atoms with van der Waals surface area (Å²) in [5.41, 5.74) is 2.82. The summed E-state index contributed by atoms with van der Waals surface area (Å²) in [6, 6.07) is 3.63. The molecule has 0 spiro atoms. The largest absolute Gasteiger partial charge is 0.300 e. The molecule has 0 aliphatic carbocycles. The van der Waals surface area contributed by atoms with Gasteiger partial charge in [0.1, 0.15) is 5.78 Å². The Labute approximate surface area is 114 Å². The van der Waals surface area contributed by atoms with Crippen molar-refractivity contribution in [1.29, 1.82) is 0 Å². The van der Waals surface area contributed by atoms with Crippen molar-refractivity contribution in [2.24, 2.45) is 0 Å². The van der Waals surface area contributed by atoms with Crippen molar-refractivity contribution < 1.29 is 13.2 Å². The maximum absolute atomic E-state index is 12.6. The van der Waals surface area contributed by atoms with Gasteiger partial charge in [0.25, 0.3) is 0 Å². The second-order valence-electron chi connectivity index (χ2n) is 5.14. The van der Waals surface area contributed by atoms with E-state index in [9.17, 15) is 13.2 Å². The van der Waals surface area contributed by atoms with E-state index in [1.807, 2.05) is 26.8 Å². The summed E-state index contributed by atoms with van der Waals surface area (Å²) < 4.78 is 26.6. The van der Waals surface area contributed by atoms with E-state index in [0.717, 1.165) is 16.7 Å². The average Bonchev–Trinajstić information content (AvgIpc) is 2.34. The highest BCUT2D eigenvalue weighted by Crippen LogP contribution is 2.25. The van der Waals surface area contributed by atoms with Crippen molar-refractivity contribution >= 4 is 15.8 Å². The Morgan fingerprint density at radius 1 is 0.947 bits per heavy atom. The fourth-order valence-electron chi connectivity index (χ4n) is 2.33. The standard InChI is InChI=1S/C14H19NO3S/c1-10-8-12(3)14(9-11(10)2)19(17,18)15-6-4-13(16)5-7-15/h8-9H,4-7H2,1-3H3. The minimum absolute atomic E-state index is 0.142. The van der Waals surface area contributed by atoms with Gasteiger partial charge in [-0.3, -0.25) is 4.79 Å². The van der Waals surface area contributed by atoms with Crippen LogP contribution in [0.25, 0.3) is 0 Å². The van der Waals surface area contributed by atoms with Crippen LogP contribution >= 0.6 is 0 Å². The summed E-state index contributed by atoms with van der Waals surface area (Å²) in [5, 5.41) is 0. The molecule has 1 saturated heterocycles. The highest BCUT2D eigenvalue weighted by molar-refractivity contribution is 7.89. The second kappa shape index (κ2) is 5.06. The third-order valence-corrected chi connectivity index (χ3v) is 5.73. The summed E-state index contributed by atoms with van der Waals surface area (Å²) in [4.78, 5) is 11.6. The van der Waals surface area contributed by atoms with Gasteiger partial charge in [-0.2, -0.15) is 4.31 Å². The molecule has 1 heterocycles. The van der Waals surface area contributed by atoms with Crippen molar-refractivity contribution in [3.05, 3.63) is 28.8 Å². The average molecular weight is 281 g/mol. The molecule has 0 saturated carbocycles. The van der Waals surface area contributed by atoms with Crippen molar-refractivity contribution in [3.63, 3.8) is 0 Å². The molecule has 5 heteroatoms. The number of piperidine rings is 1. The third-order valence-electron chi connectivity index (χ3n) is 3.69. The molecule has 1 fully saturated rings. The quantitative estimate of drug-likeness (QED) is 0.832. The molecule has 4 nitrogen and oxygen atoms in total. The Hall–Kier alpha value is -1.20. The van der Waals surface area contributed by atoms with Gasteiger partial charge < -0.3 is 0 Å². The van der Waals surface area contributed by atoms with Crippen LogP contribution in [0.3, 0.4) is 0 Å². The van der Waals surface area contributed by atoms with Crippen molar-refractivity contribution in [3.8, 4) is 0 Å².